The molecule has 0 unspecified atom stereocenters. The third kappa shape index (κ3) is 4.63. The summed E-state index contributed by atoms with van der Waals surface area (Å²) in [7, 11) is 0. The Kier molecular flexibility index (Phi) is 6.42. The number of imidazole rings is 1. The average molecular weight is 428 g/mol. The molecule has 1 heterocycles. The van der Waals surface area contributed by atoms with E-state index < -0.39 is 11.7 Å². The van der Waals surface area contributed by atoms with E-state index in [1.807, 2.05) is 6.92 Å². The molecule has 0 saturated heterocycles. The number of ketones is 2. The molecule has 2 N–H and O–H groups in total. The van der Waals surface area contributed by atoms with E-state index in [2.05, 4.69) is 15.3 Å². The molecule has 0 bridgehead atoms. The molecule has 0 aliphatic heterocycles. The number of carbonyl (C=O) groups excluding carboxylic acids is 3. The maximum Gasteiger partial charge on any atom is 0.274 e. The van der Waals surface area contributed by atoms with Crippen molar-refractivity contribution in [3.8, 4) is 0 Å². The fourth-order valence-electron chi connectivity index (χ4n) is 3.00. The second-order valence-corrected chi connectivity index (χ2v) is 7.13. The smallest absolute Gasteiger partial charge is 0.274 e. The van der Waals surface area contributed by atoms with Crippen molar-refractivity contribution in [2.45, 2.75) is 26.7 Å². The Balaban J connectivity index is 1.74. The van der Waals surface area contributed by atoms with E-state index in [4.69, 9.17) is 11.6 Å². The van der Waals surface area contributed by atoms with Gasteiger partial charge in [-0.15, -0.1) is 0 Å². The predicted molar refractivity (Wildman–Crippen MR) is 112 cm³/mol. The van der Waals surface area contributed by atoms with Gasteiger partial charge in [0.1, 0.15) is 17.2 Å². The molecular formula is C22H19ClFN3O3. The van der Waals surface area contributed by atoms with Crippen LogP contribution in [0, 0.1) is 12.7 Å². The van der Waals surface area contributed by atoms with Gasteiger partial charge in [0, 0.05) is 24.1 Å². The summed E-state index contributed by atoms with van der Waals surface area (Å²) in [6.07, 6.45) is 1.63. The first-order valence-corrected chi connectivity index (χ1v) is 9.63. The maximum absolute atomic E-state index is 13.2. The molecule has 0 radical (unpaired) electrons. The van der Waals surface area contributed by atoms with Crippen LogP contribution in [0.2, 0.25) is 5.02 Å². The van der Waals surface area contributed by atoms with Crippen LogP contribution in [0.5, 0.6) is 0 Å². The predicted octanol–water partition coefficient (Wildman–Crippen LogP) is 4.78. The van der Waals surface area contributed by atoms with Crippen molar-refractivity contribution in [1.29, 1.82) is 0 Å². The fraction of sp³-hybridized carbons (Fsp3) is 0.182. The van der Waals surface area contributed by atoms with Crippen molar-refractivity contribution in [1.82, 2.24) is 9.97 Å². The number of benzene rings is 2. The molecule has 6 nitrogen and oxygen atoms in total. The number of nitrogens with zero attached hydrogens (tertiary/aromatic N) is 1. The number of nitrogens with one attached hydrogen (secondary N) is 2. The third-order valence-corrected chi connectivity index (χ3v) is 4.95. The van der Waals surface area contributed by atoms with Gasteiger partial charge in [-0.2, -0.15) is 0 Å². The van der Waals surface area contributed by atoms with E-state index >= 15 is 0 Å². The zero-order chi connectivity index (χ0) is 21.8. The number of Topliss-reactive ketones (excluding diaryl/α,β-unsaturated/α-hetero) is 2. The molecule has 2 aromatic carbocycles. The first-order chi connectivity index (χ1) is 14.3. The molecule has 0 fully saturated rings. The SMILES string of the molecule is CCC(=O)c1nc[nH]c1C(=O)Nc1ccc(CC(=O)c2ccc(F)cc2Cl)c(C)c1. The number of halogens is 2. The van der Waals surface area contributed by atoms with E-state index in [0.717, 1.165) is 17.2 Å². The molecule has 1 aromatic heterocycles. The Labute approximate surface area is 177 Å². The van der Waals surface area contributed by atoms with Gasteiger partial charge >= 0.3 is 0 Å². The van der Waals surface area contributed by atoms with Gasteiger partial charge in [0.05, 0.1) is 11.3 Å². The monoisotopic (exact) mass is 427 g/mol. The molecule has 8 heteroatoms. The Morgan fingerprint density at radius 3 is 2.57 bits per heavy atom. The van der Waals surface area contributed by atoms with Crippen LogP contribution in [0.1, 0.15) is 55.8 Å². The number of hydrogen-bond donors (Lipinski definition) is 2. The number of H-pyrrole nitrogens is 1. The van der Waals surface area contributed by atoms with Crippen LogP contribution in [-0.4, -0.2) is 27.4 Å². The van der Waals surface area contributed by atoms with Crippen LogP contribution < -0.4 is 5.32 Å². The number of rotatable bonds is 7. The molecule has 0 atom stereocenters. The maximum atomic E-state index is 13.2. The summed E-state index contributed by atoms with van der Waals surface area (Å²) in [5, 5.41) is 2.79. The van der Waals surface area contributed by atoms with Crippen LogP contribution in [0.25, 0.3) is 0 Å². The van der Waals surface area contributed by atoms with Crippen molar-refractivity contribution in [2.75, 3.05) is 5.32 Å². The molecule has 0 saturated carbocycles. The molecule has 0 spiro atoms. The third-order valence-electron chi connectivity index (χ3n) is 4.63. The Morgan fingerprint density at radius 1 is 1.13 bits per heavy atom. The highest BCUT2D eigenvalue weighted by atomic mass is 35.5. The van der Waals surface area contributed by atoms with E-state index in [0.29, 0.717) is 5.69 Å². The van der Waals surface area contributed by atoms with Gasteiger partial charge in [-0.05, 0) is 48.4 Å². The summed E-state index contributed by atoms with van der Waals surface area (Å²) in [6.45, 7) is 3.51. The molecular weight excluding hydrogens is 409 g/mol. The molecule has 0 aliphatic carbocycles. The van der Waals surface area contributed by atoms with E-state index in [1.54, 1.807) is 25.1 Å². The molecule has 0 aliphatic rings. The highest BCUT2D eigenvalue weighted by Crippen LogP contribution is 2.22. The van der Waals surface area contributed by atoms with Crippen LogP contribution in [0.4, 0.5) is 10.1 Å². The lowest BCUT2D eigenvalue weighted by Crippen LogP contribution is -2.16. The lowest BCUT2D eigenvalue weighted by molar-refractivity contribution is 0.0963. The summed E-state index contributed by atoms with van der Waals surface area (Å²) in [5.41, 5.74) is 2.51. The Bertz CT molecular complexity index is 1140. The second kappa shape index (κ2) is 9.00. The normalized spacial score (nSPS) is 10.7. The van der Waals surface area contributed by atoms with E-state index in [9.17, 15) is 18.8 Å². The largest absolute Gasteiger partial charge is 0.340 e. The van der Waals surface area contributed by atoms with Gasteiger partial charge in [-0.1, -0.05) is 24.6 Å². The second-order valence-electron chi connectivity index (χ2n) is 6.72. The van der Waals surface area contributed by atoms with Gasteiger partial charge in [0.15, 0.2) is 11.6 Å². The molecule has 30 heavy (non-hydrogen) atoms. The van der Waals surface area contributed by atoms with Crippen LogP contribution in [0.3, 0.4) is 0 Å². The highest BCUT2D eigenvalue weighted by molar-refractivity contribution is 6.34. The summed E-state index contributed by atoms with van der Waals surface area (Å²) in [4.78, 5) is 43.5. The number of aromatic amines is 1. The van der Waals surface area contributed by atoms with Crippen LogP contribution in [0.15, 0.2) is 42.7 Å². The lowest BCUT2D eigenvalue weighted by Gasteiger charge is -2.10. The van der Waals surface area contributed by atoms with Crippen molar-refractivity contribution in [3.63, 3.8) is 0 Å². The van der Waals surface area contributed by atoms with Crippen LogP contribution in [-0.2, 0) is 6.42 Å². The number of hydrogen-bond acceptors (Lipinski definition) is 4. The Hall–Kier alpha value is -3.32. The standard InChI is InChI=1S/C22H19ClFN3O3/c1-3-18(28)20-21(26-11-25-20)22(30)27-15-6-4-13(12(2)8-15)9-19(29)16-7-5-14(24)10-17(16)23/h4-8,10-11H,3,9H2,1-2H3,(H,25,26)(H,27,30). The van der Waals surface area contributed by atoms with Gasteiger partial charge < -0.3 is 10.3 Å². The molecule has 3 aromatic rings. The lowest BCUT2D eigenvalue weighted by atomic mass is 9.99. The zero-order valence-electron chi connectivity index (χ0n) is 16.4. The molecule has 1 amide bonds. The van der Waals surface area contributed by atoms with Crippen molar-refractivity contribution < 1.29 is 18.8 Å². The highest BCUT2D eigenvalue weighted by Gasteiger charge is 2.19. The van der Waals surface area contributed by atoms with Gasteiger partial charge in [-0.25, -0.2) is 9.37 Å². The summed E-state index contributed by atoms with van der Waals surface area (Å²) in [6, 6.07) is 8.78. The quantitative estimate of drug-likeness (QED) is 0.531. The first-order valence-electron chi connectivity index (χ1n) is 9.25. The molecule has 154 valence electrons. The van der Waals surface area contributed by atoms with Gasteiger partial charge in [-0.3, -0.25) is 14.4 Å². The van der Waals surface area contributed by atoms with E-state index in [-0.39, 0.29) is 46.4 Å². The first kappa shape index (κ1) is 21.4. The summed E-state index contributed by atoms with van der Waals surface area (Å²) in [5.74, 6) is -1.45. The van der Waals surface area contributed by atoms with Gasteiger partial charge in [0.25, 0.3) is 5.91 Å². The molecule has 3 rings (SSSR count). The number of aromatic nitrogens is 2. The minimum Gasteiger partial charge on any atom is -0.340 e. The number of amides is 1. The summed E-state index contributed by atoms with van der Waals surface area (Å²) < 4.78 is 13.2. The van der Waals surface area contributed by atoms with Crippen LogP contribution >= 0.6 is 11.6 Å². The number of anilines is 1. The number of carbonyl (C=O) groups is 3. The van der Waals surface area contributed by atoms with Crippen molar-refractivity contribution in [3.05, 3.63) is 81.6 Å². The summed E-state index contributed by atoms with van der Waals surface area (Å²) >= 11 is 5.97. The van der Waals surface area contributed by atoms with Crippen molar-refractivity contribution >= 4 is 34.8 Å². The van der Waals surface area contributed by atoms with Crippen molar-refractivity contribution in [2.24, 2.45) is 0 Å². The minimum absolute atomic E-state index is 0.0681. The minimum atomic E-state index is -0.506. The average Bonchev–Trinajstić information content (AvgIpc) is 3.19. The van der Waals surface area contributed by atoms with E-state index in [1.165, 1.54) is 18.5 Å². The van der Waals surface area contributed by atoms with Gasteiger partial charge in [0.2, 0.25) is 0 Å². The zero-order valence-corrected chi connectivity index (χ0v) is 17.1. The Morgan fingerprint density at radius 2 is 1.90 bits per heavy atom. The topological polar surface area (TPSA) is 91.9 Å². The number of aryl methyl sites for hydroxylation is 1. The fourth-order valence-corrected chi connectivity index (χ4v) is 3.27.